The Kier molecular flexibility index (Phi) is 7.24. The number of benzene rings is 2. The maximum atomic E-state index is 12.3. The number of esters is 1. The third kappa shape index (κ3) is 5.93. The topological polar surface area (TPSA) is 64.6 Å². The molecule has 6 heteroatoms. The number of nitrogens with one attached hydrogen (secondary N) is 1. The van der Waals surface area contributed by atoms with Gasteiger partial charge in [-0.15, -0.1) is 0 Å². The van der Waals surface area contributed by atoms with Crippen LogP contribution in [-0.4, -0.2) is 26.1 Å². The first-order valence-electron chi connectivity index (χ1n) is 7.96. The fraction of sp³-hybridized carbons (Fsp3) is 0.200. The van der Waals surface area contributed by atoms with Gasteiger partial charge in [0.05, 0.1) is 26.7 Å². The molecule has 0 fully saturated rings. The molecule has 0 aliphatic rings. The molecule has 5 nitrogen and oxygen atoms in total. The SMILES string of the molecule is COC(=O)CC(NC(=O)/C=C/c1cccc(OC)c1)c1ccc(Cl)cc1. The molecule has 0 aromatic heterocycles. The summed E-state index contributed by atoms with van der Waals surface area (Å²) >= 11 is 5.90. The van der Waals surface area contributed by atoms with Gasteiger partial charge in [-0.2, -0.15) is 0 Å². The van der Waals surface area contributed by atoms with Crippen molar-refractivity contribution in [3.05, 3.63) is 70.8 Å². The number of carbonyl (C=O) groups is 2. The van der Waals surface area contributed by atoms with Crippen LogP contribution in [0.5, 0.6) is 5.75 Å². The number of halogens is 1. The summed E-state index contributed by atoms with van der Waals surface area (Å²) in [5.41, 5.74) is 1.60. The van der Waals surface area contributed by atoms with Crippen LogP contribution < -0.4 is 10.1 Å². The van der Waals surface area contributed by atoms with Gasteiger partial charge in [-0.3, -0.25) is 9.59 Å². The molecule has 2 rings (SSSR count). The number of amides is 1. The number of methoxy groups -OCH3 is 2. The maximum absolute atomic E-state index is 12.3. The Morgan fingerprint density at radius 3 is 2.54 bits per heavy atom. The van der Waals surface area contributed by atoms with Gasteiger partial charge >= 0.3 is 5.97 Å². The van der Waals surface area contributed by atoms with E-state index in [-0.39, 0.29) is 12.3 Å². The molecule has 0 saturated heterocycles. The summed E-state index contributed by atoms with van der Waals surface area (Å²) in [6.07, 6.45) is 3.11. The van der Waals surface area contributed by atoms with Crippen LogP contribution in [0.2, 0.25) is 5.02 Å². The Labute approximate surface area is 157 Å². The van der Waals surface area contributed by atoms with E-state index in [9.17, 15) is 9.59 Å². The van der Waals surface area contributed by atoms with Crippen molar-refractivity contribution in [2.75, 3.05) is 14.2 Å². The molecular formula is C20H20ClNO4. The van der Waals surface area contributed by atoms with Crippen LogP contribution >= 0.6 is 11.6 Å². The summed E-state index contributed by atoms with van der Waals surface area (Å²) in [7, 11) is 2.89. The van der Waals surface area contributed by atoms with Crippen LogP contribution in [0.1, 0.15) is 23.6 Å². The molecular weight excluding hydrogens is 354 g/mol. The highest BCUT2D eigenvalue weighted by Gasteiger charge is 2.18. The summed E-state index contributed by atoms with van der Waals surface area (Å²) in [6.45, 7) is 0. The van der Waals surface area contributed by atoms with Crippen LogP contribution in [0.3, 0.4) is 0 Å². The first-order valence-corrected chi connectivity index (χ1v) is 8.34. The van der Waals surface area contributed by atoms with E-state index in [1.807, 2.05) is 24.3 Å². The predicted molar refractivity (Wildman–Crippen MR) is 101 cm³/mol. The van der Waals surface area contributed by atoms with Crippen molar-refractivity contribution in [1.29, 1.82) is 0 Å². The second-order valence-corrected chi connectivity index (χ2v) is 5.94. The molecule has 0 saturated carbocycles. The summed E-state index contributed by atoms with van der Waals surface area (Å²) in [5.74, 6) is -0.0315. The molecule has 1 amide bonds. The third-order valence-corrected chi connectivity index (χ3v) is 3.96. The Morgan fingerprint density at radius 2 is 1.88 bits per heavy atom. The quantitative estimate of drug-likeness (QED) is 0.592. The summed E-state index contributed by atoms with van der Waals surface area (Å²) < 4.78 is 9.87. The van der Waals surface area contributed by atoms with Crippen LogP contribution in [0.4, 0.5) is 0 Å². The minimum Gasteiger partial charge on any atom is -0.497 e. The normalized spacial score (nSPS) is 11.8. The van der Waals surface area contributed by atoms with Gasteiger partial charge in [-0.05, 0) is 41.5 Å². The van der Waals surface area contributed by atoms with E-state index in [1.54, 1.807) is 37.5 Å². The molecule has 1 atom stereocenters. The fourth-order valence-electron chi connectivity index (χ4n) is 2.33. The second-order valence-electron chi connectivity index (χ2n) is 5.50. The number of rotatable bonds is 7. The van der Waals surface area contributed by atoms with Gasteiger partial charge in [0, 0.05) is 11.1 Å². The van der Waals surface area contributed by atoms with Crippen LogP contribution in [-0.2, 0) is 14.3 Å². The minimum atomic E-state index is -0.512. The lowest BCUT2D eigenvalue weighted by Gasteiger charge is -2.17. The zero-order valence-electron chi connectivity index (χ0n) is 14.6. The van der Waals surface area contributed by atoms with Gasteiger partial charge in [-0.25, -0.2) is 0 Å². The predicted octanol–water partition coefficient (Wildman–Crippen LogP) is 3.78. The summed E-state index contributed by atoms with van der Waals surface area (Å²) in [6, 6.07) is 13.8. The lowest BCUT2D eigenvalue weighted by molar-refractivity contribution is -0.141. The highest BCUT2D eigenvalue weighted by molar-refractivity contribution is 6.30. The van der Waals surface area contributed by atoms with E-state index in [1.165, 1.54) is 13.2 Å². The number of hydrogen-bond acceptors (Lipinski definition) is 4. The Balaban J connectivity index is 2.10. The van der Waals surface area contributed by atoms with Gasteiger partial charge < -0.3 is 14.8 Å². The summed E-state index contributed by atoms with van der Waals surface area (Å²) in [4.78, 5) is 23.9. The molecule has 0 bridgehead atoms. The summed E-state index contributed by atoms with van der Waals surface area (Å²) in [5, 5.41) is 3.39. The van der Waals surface area contributed by atoms with Crippen molar-refractivity contribution in [2.45, 2.75) is 12.5 Å². The van der Waals surface area contributed by atoms with E-state index >= 15 is 0 Å². The van der Waals surface area contributed by atoms with Gasteiger partial charge in [0.1, 0.15) is 5.75 Å². The zero-order valence-corrected chi connectivity index (χ0v) is 15.3. The van der Waals surface area contributed by atoms with Crippen molar-refractivity contribution < 1.29 is 19.1 Å². The first kappa shape index (κ1) is 19.5. The second kappa shape index (κ2) is 9.63. The smallest absolute Gasteiger partial charge is 0.307 e. The monoisotopic (exact) mass is 373 g/mol. The number of ether oxygens (including phenoxy) is 2. The average Bonchev–Trinajstić information content (AvgIpc) is 2.66. The molecule has 0 heterocycles. The van der Waals surface area contributed by atoms with Crippen molar-refractivity contribution >= 4 is 29.6 Å². The molecule has 2 aromatic carbocycles. The van der Waals surface area contributed by atoms with Gasteiger partial charge in [0.15, 0.2) is 0 Å². The highest BCUT2D eigenvalue weighted by Crippen LogP contribution is 2.20. The van der Waals surface area contributed by atoms with E-state index < -0.39 is 12.0 Å². The Hall–Kier alpha value is -2.79. The van der Waals surface area contributed by atoms with Crippen molar-refractivity contribution in [2.24, 2.45) is 0 Å². The van der Waals surface area contributed by atoms with Gasteiger partial charge in [0.2, 0.25) is 5.91 Å². The molecule has 1 N–H and O–H groups in total. The molecule has 0 radical (unpaired) electrons. The van der Waals surface area contributed by atoms with E-state index in [4.69, 9.17) is 21.1 Å². The molecule has 0 aliphatic heterocycles. The van der Waals surface area contributed by atoms with Crippen molar-refractivity contribution in [3.8, 4) is 5.75 Å². The minimum absolute atomic E-state index is 0.0247. The van der Waals surface area contributed by atoms with Crippen LogP contribution in [0, 0.1) is 0 Å². The molecule has 136 valence electrons. The Bertz CT molecular complexity index is 787. The van der Waals surface area contributed by atoms with Crippen molar-refractivity contribution in [3.63, 3.8) is 0 Å². The third-order valence-electron chi connectivity index (χ3n) is 3.71. The Morgan fingerprint density at radius 1 is 1.15 bits per heavy atom. The van der Waals surface area contributed by atoms with Crippen molar-refractivity contribution in [1.82, 2.24) is 5.32 Å². The number of hydrogen-bond donors (Lipinski definition) is 1. The van der Waals surface area contributed by atoms with E-state index in [0.29, 0.717) is 10.8 Å². The lowest BCUT2D eigenvalue weighted by atomic mass is 10.0. The average molecular weight is 374 g/mol. The van der Waals surface area contributed by atoms with Gasteiger partial charge in [-0.1, -0.05) is 35.9 Å². The first-order chi connectivity index (χ1) is 12.5. The molecule has 2 aromatic rings. The standard InChI is InChI=1S/C20H20ClNO4/c1-25-17-5-3-4-14(12-17)6-11-19(23)22-18(13-20(24)26-2)15-7-9-16(21)10-8-15/h3-12,18H,13H2,1-2H3,(H,22,23)/b11-6+. The van der Waals surface area contributed by atoms with Gasteiger partial charge in [0.25, 0.3) is 0 Å². The fourth-order valence-corrected chi connectivity index (χ4v) is 2.46. The van der Waals surface area contributed by atoms with E-state index in [2.05, 4.69) is 5.32 Å². The molecule has 26 heavy (non-hydrogen) atoms. The molecule has 0 spiro atoms. The molecule has 0 aliphatic carbocycles. The largest absolute Gasteiger partial charge is 0.497 e. The van der Waals surface area contributed by atoms with E-state index in [0.717, 1.165) is 11.1 Å². The van der Waals surface area contributed by atoms with Crippen LogP contribution in [0.25, 0.3) is 6.08 Å². The number of carbonyl (C=O) groups excluding carboxylic acids is 2. The zero-order chi connectivity index (χ0) is 18.9. The van der Waals surface area contributed by atoms with Crippen LogP contribution in [0.15, 0.2) is 54.6 Å². The lowest BCUT2D eigenvalue weighted by Crippen LogP contribution is -2.29. The highest BCUT2D eigenvalue weighted by atomic mass is 35.5. The molecule has 1 unspecified atom stereocenters. The maximum Gasteiger partial charge on any atom is 0.307 e.